The van der Waals surface area contributed by atoms with E-state index in [9.17, 15) is 91.1 Å². The van der Waals surface area contributed by atoms with Crippen molar-refractivity contribution in [1.82, 2.24) is 0 Å². The van der Waals surface area contributed by atoms with Crippen LogP contribution in [0.15, 0.2) is 0 Å². The number of halogens is 15. The smallest absolute Gasteiger partial charge is 0.396 e. The molecule has 0 saturated heterocycles. The fourth-order valence-electron chi connectivity index (χ4n) is 1.17. The van der Waals surface area contributed by atoms with E-state index < -0.39 is 90.0 Å². The average Bonchev–Trinajstić information content (AvgIpc) is 2.61. The second-order valence-corrected chi connectivity index (χ2v) is 11.5. The van der Waals surface area contributed by atoms with Crippen molar-refractivity contribution in [2.24, 2.45) is 0 Å². The maximum atomic E-state index is 11.8. The molecule has 1 unspecified atom stereocenters. The molecule has 0 aromatic rings. The Labute approximate surface area is 230 Å². The third-order valence-electron chi connectivity index (χ3n) is 3.01. The molecule has 0 aromatic heterocycles. The molecule has 0 rings (SSSR count). The highest BCUT2D eigenvalue weighted by Crippen LogP contribution is 2.37. The van der Waals surface area contributed by atoms with E-state index >= 15 is 0 Å². The normalized spacial score (nSPS) is 14.7. The number of alkyl halides is 15. The minimum atomic E-state index is -5.97. The Hall–Kier alpha value is -1.44. The molecule has 0 saturated carbocycles. The van der Waals surface area contributed by atoms with Gasteiger partial charge >= 0.3 is 36.3 Å². The van der Waals surface area contributed by atoms with Gasteiger partial charge in [0.25, 0.3) is 30.4 Å². The molecule has 12 nitrogen and oxygen atoms in total. The van der Waals surface area contributed by atoms with Gasteiger partial charge in [-0.25, -0.2) is 0 Å². The fourth-order valence-corrected chi connectivity index (χ4v) is 3.04. The molecule has 0 fully saturated rings. The number of hydrogen-bond acceptors (Lipinski definition) is 9. The van der Waals surface area contributed by atoms with E-state index in [0.29, 0.717) is 0 Å². The number of hydrogen-bond donors (Lipinski definition) is 6. The summed E-state index contributed by atoms with van der Waals surface area (Å²) in [5.41, 5.74) is 0. The Kier molecular flexibility index (Phi) is 18.9. The first-order valence-electron chi connectivity index (χ1n) is 9.27. The van der Waals surface area contributed by atoms with Crippen molar-refractivity contribution in [3.05, 3.63) is 0 Å². The van der Waals surface area contributed by atoms with E-state index in [1.165, 1.54) is 0 Å². The second kappa shape index (κ2) is 16.7. The van der Waals surface area contributed by atoms with Gasteiger partial charge in [0.1, 0.15) is 17.3 Å². The zero-order chi connectivity index (χ0) is 36.3. The van der Waals surface area contributed by atoms with Crippen molar-refractivity contribution >= 4 is 30.4 Å². The highest BCUT2D eigenvalue weighted by atomic mass is 32.2. The van der Waals surface area contributed by atoms with Gasteiger partial charge in [0, 0.05) is 6.61 Å². The first-order valence-corrected chi connectivity index (χ1v) is 14.1. The minimum absolute atomic E-state index is 0.0677. The Morgan fingerprint density at radius 2 is 0.651 bits per heavy atom. The van der Waals surface area contributed by atoms with E-state index in [2.05, 4.69) is 0 Å². The molecule has 6 N–H and O–H groups in total. The molecule has 0 aliphatic heterocycles. The summed E-state index contributed by atoms with van der Waals surface area (Å²) in [6, 6.07) is 0. The molecule has 30 heteroatoms. The molecule has 0 aliphatic carbocycles. The molecular weight excluding hydrogens is 729 g/mol. The monoisotopic (exact) mass is 748 g/mol. The van der Waals surface area contributed by atoms with E-state index in [0.717, 1.165) is 0 Å². The molecule has 0 amide bonds. The van der Waals surface area contributed by atoms with Crippen LogP contribution in [0, 0.1) is 0 Å². The number of rotatable bonds is 9. The quantitative estimate of drug-likeness (QED) is 0.147. The van der Waals surface area contributed by atoms with Gasteiger partial charge in [-0.2, -0.15) is 91.1 Å². The predicted molar refractivity (Wildman–Crippen MR) is 107 cm³/mol. The van der Waals surface area contributed by atoms with Gasteiger partial charge in [0.05, 0.1) is 12.7 Å². The van der Waals surface area contributed by atoms with Crippen LogP contribution in [-0.4, -0.2) is 127 Å². The molecule has 43 heavy (non-hydrogen) atoms. The summed E-state index contributed by atoms with van der Waals surface area (Å²) in [5, 5.41) is 24.6. The van der Waals surface area contributed by atoms with E-state index in [4.69, 9.17) is 29.0 Å². The minimum Gasteiger partial charge on any atom is -0.396 e. The first-order chi connectivity index (χ1) is 18.2. The van der Waals surface area contributed by atoms with Crippen LogP contribution in [-0.2, 0) is 30.4 Å². The lowest BCUT2D eigenvalue weighted by Crippen LogP contribution is -2.42. The van der Waals surface area contributed by atoms with Crippen LogP contribution in [0.3, 0.4) is 0 Å². The lowest BCUT2D eigenvalue weighted by Gasteiger charge is -2.17. The van der Waals surface area contributed by atoms with Crippen molar-refractivity contribution < 1.29 is 120 Å². The molecule has 0 heterocycles. The lowest BCUT2D eigenvalue weighted by molar-refractivity contribution is -0.271. The van der Waals surface area contributed by atoms with Crippen LogP contribution < -0.4 is 0 Å². The largest absolute Gasteiger partial charge is 0.454 e. The Morgan fingerprint density at radius 3 is 0.698 bits per heavy atom. The predicted octanol–water partition coefficient (Wildman–Crippen LogP) is 1.94. The van der Waals surface area contributed by atoms with E-state index in [-0.39, 0.29) is 19.6 Å². The third kappa shape index (κ3) is 25.6. The Balaban J connectivity index is -0.000000240. The van der Waals surface area contributed by atoms with Crippen LogP contribution in [0.1, 0.15) is 6.42 Å². The van der Waals surface area contributed by atoms with Crippen LogP contribution in [0.2, 0.25) is 0 Å². The molecule has 0 aromatic carbocycles. The molecule has 0 bridgehead atoms. The van der Waals surface area contributed by atoms with Gasteiger partial charge in [-0.05, 0) is 6.42 Å². The van der Waals surface area contributed by atoms with Gasteiger partial charge in [-0.15, -0.1) is 0 Å². The lowest BCUT2D eigenvalue weighted by atomic mass is 10.3. The molecule has 0 radical (unpaired) electrons. The summed E-state index contributed by atoms with van der Waals surface area (Å²) in [7, 11) is -16.0. The van der Waals surface area contributed by atoms with Crippen LogP contribution in [0.4, 0.5) is 65.9 Å². The topological polar surface area (TPSA) is 224 Å². The number of aliphatic hydroxyl groups excluding tert-OH is 3. The summed E-state index contributed by atoms with van der Waals surface area (Å²) in [5.74, 6) is -24.2. The zero-order valence-corrected chi connectivity index (χ0v) is 22.3. The summed E-state index contributed by atoms with van der Waals surface area (Å²) in [4.78, 5) is 0. The molecular formula is C13H19F15O12S3. The average molecular weight is 748 g/mol. The van der Waals surface area contributed by atoms with E-state index in [1.807, 2.05) is 0 Å². The Bertz CT molecular complexity index is 996. The SMILES string of the molecule is O=S(=O)(O)CC(F)(F)C(F)(F)F.O=S(=O)(O)CC(F)(F)C(F)(F)F.O=S(=O)(O)CC(F)(F)C(F)(F)F.OCCC(O)CO. The van der Waals surface area contributed by atoms with Gasteiger partial charge in [0.2, 0.25) is 0 Å². The number of aliphatic hydroxyl groups is 3. The van der Waals surface area contributed by atoms with Crippen molar-refractivity contribution in [3.63, 3.8) is 0 Å². The van der Waals surface area contributed by atoms with Crippen LogP contribution in [0.5, 0.6) is 0 Å². The van der Waals surface area contributed by atoms with Crippen molar-refractivity contribution in [2.75, 3.05) is 30.5 Å². The van der Waals surface area contributed by atoms with Crippen molar-refractivity contribution in [1.29, 1.82) is 0 Å². The van der Waals surface area contributed by atoms with Crippen molar-refractivity contribution in [2.45, 2.75) is 48.8 Å². The maximum Gasteiger partial charge on any atom is 0.454 e. The summed E-state index contributed by atoms with van der Waals surface area (Å²) < 4.78 is 253. The van der Waals surface area contributed by atoms with Crippen LogP contribution in [0.25, 0.3) is 0 Å². The fraction of sp³-hybridized carbons (Fsp3) is 1.00. The van der Waals surface area contributed by atoms with Crippen LogP contribution >= 0.6 is 0 Å². The second-order valence-electron chi connectivity index (χ2n) is 7.13. The van der Waals surface area contributed by atoms with Gasteiger partial charge < -0.3 is 15.3 Å². The summed E-state index contributed by atoms with van der Waals surface area (Å²) >= 11 is 0. The Morgan fingerprint density at radius 1 is 0.465 bits per heavy atom. The van der Waals surface area contributed by atoms with Crippen molar-refractivity contribution in [3.8, 4) is 0 Å². The highest BCUT2D eigenvalue weighted by Gasteiger charge is 2.61. The van der Waals surface area contributed by atoms with Gasteiger partial charge in [-0.1, -0.05) is 0 Å². The molecule has 266 valence electrons. The van der Waals surface area contributed by atoms with Gasteiger partial charge in [0.15, 0.2) is 0 Å². The highest BCUT2D eigenvalue weighted by molar-refractivity contribution is 7.86. The maximum absolute atomic E-state index is 11.8. The van der Waals surface area contributed by atoms with Gasteiger partial charge in [-0.3, -0.25) is 13.7 Å². The third-order valence-corrected chi connectivity index (χ3v) is 5.19. The zero-order valence-electron chi connectivity index (χ0n) is 19.8. The molecule has 0 spiro atoms. The molecule has 0 aliphatic rings. The summed E-state index contributed by atoms with van der Waals surface area (Å²) in [6.45, 7) is -0.331. The summed E-state index contributed by atoms with van der Waals surface area (Å²) in [6.07, 6.45) is -18.4. The molecule has 1 atom stereocenters. The standard InChI is InChI=1S/C4H10O3.3C3H3F5O3S/c5-2-1-4(7)3-6;3*4-2(5,3(6,7)8)1-12(9,10)11/h4-7H,1-3H2;3*1H2,(H,9,10,11). The van der Waals surface area contributed by atoms with E-state index in [1.54, 1.807) is 0 Å². The first kappa shape index (κ1) is 48.5.